The fourth-order valence-corrected chi connectivity index (χ4v) is 4.31. The summed E-state index contributed by atoms with van der Waals surface area (Å²) in [5.74, 6) is -0.503. The summed E-state index contributed by atoms with van der Waals surface area (Å²) in [6, 6.07) is 29.1. The number of Topliss-reactive ketones (excluding diaryl/α,β-unsaturated/α-hetero) is 1. The van der Waals surface area contributed by atoms with Gasteiger partial charge in [-0.15, -0.1) is 0 Å². The maximum absolute atomic E-state index is 13.6. The summed E-state index contributed by atoms with van der Waals surface area (Å²) in [5, 5.41) is 0. The van der Waals surface area contributed by atoms with Gasteiger partial charge < -0.3 is 5.73 Å². The maximum atomic E-state index is 13.6. The van der Waals surface area contributed by atoms with Gasteiger partial charge in [0.05, 0.1) is 13.1 Å². The van der Waals surface area contributed by atoms with E-state index in [-0.39, 0.29) is 31.0 Å². The molecule has 0 unspecified atom stereocenters. The average molecular weight is 483 g/mol. The van der Waals surface area contributed by atoms with Crippen LogP contribution >= 0.6 is 0 Å². The lowest BCUT2D eigenvalue weighted by atomic mass is 10.1. The standard InChI is InChI=1S/C29H30N4O3/c1-2-32-28(35)26(27(30)33(29(32)36)20-24-16-10-5-11-17-24)25(34)21-31(18-22-12-6-3-7-13-22)19-23-14-8-4-9-15-23/h3-17H,2,18-21,30H2,1H3. The van der Waals surface area contributed by atoms with Crippen molar-refractivity contribution in [2.24, 2.45) is 0 Å². The van der Waals surface area contributed by atoms with Crippen molar-refractivity contribution in [2.45, 2.75) is 33.1 Å². The van der Waals surface area contributed by atoms with Crippen molar-refractivity contribution in [1.29, 1.82) is 0 Å². The molecule has 0 radical (unpaired) electrons. The van der Waals surface area contributed by atoms with Crippen LogP contribution in [0.1, 0.15) is 34.0 Å². The van der Waals surface area contributed by atoms with Crippen molar-refractivity contribution >= 4 is 11.6 Å². The van der Waals surface area contributed by atoms with Crippen LogP contribution in [0.4, 0.5) is 5.82 Å². The highest BCUT2D eigenvalue weighted by Gasteiger charge is 2.24. The smallest absolute Gasteiger partial charge is 0.332 e. The molecule has 7 heteroatoms. The first-order valence-electron chi connectivity index (χ1n) is 12.0. The van der Waals surface area contributed by atoms with Gasteiger partial charge in [-0.3, -0.25) is 23.6 Å². The summed E-state index contributed by atoms with van der Waals surface area (Å²) >= 11 is 0. The molecule has 3 aromatic carbocycles. The van der Waals surface area contributed by atoms with Gasteiger partial charge in [0.2, 0.25) is 0 Å². The fourth-order valence-electron chi connectivity index (χ4n) is 4.31. The van der Waals surface area contributed by atoms with Crippen LogP contribution in [0.15, 0.2) is 101 Å². The maximum Gasteiger partial charge on any atom is 0.332 e. The first-order chi connectivity index (χ1) is 17.5. The fraction of sp³-hybridized carbons (Fsp3) is 0.207. The zero-order valence-electron chi connectivity index (χ0n) is 20.3. The van der Waals surface area contributed by atoms with Crippen LogP contribution in [0, 0.1) is 0 Å². The number of carbonyl (C=O) groups is 1. The molecule has 0 bridgehead atoms. The van der Waals surface area contributed by atoms with Crippen LogP contribution in [0.3, 0.4) is 0 Å². The van der Waals surface area contributed by atoms with E-state index in [0.29, 0.717) is 13.1 Å². The third kappa shape index (κ3) is 5.70. The van der Waals surface area contributed by atoms with Gasteiger partial charge in [-0.2, -0.15) is 0 Å². The minimum atomic E-state index is -0.645. The highest BCUT2D eigenvalue weighted by molar-refractivity contribution is 6.01. The molecule has 7 nitrogen and oxygen atoms in total. The summed E-state index contributed by atoms with van der Waals surface area (Å²) in [5.41, 5.74) is 7.99. The first kappa shape index (κ1) is 24.9. The largest absolute Gasteiger partial charge is 0.384 e. The van der Waals surface area contributed by atoms with Crippen molar-refractivity contribution in [1.82, 2.24) is 14.0 Å². The number of anilines is 1. The molecule has 4 rings (SSSR count). The Morgan fingerprint density at radius 3 is 1.69 bits per heavy atom. The van der Waals surface area contributed by atoms with E-state index in [1.54, 1.807) is 6.92 Å². The molecule has 1 aromatic heterocycles. The lowest BCUT2D eigenvalue weighted by molar-refractivity contribution is 0.0918. The number of rotatable bonds is 10. The molecule has 0 amide bonds. The molecule has 1 heterocycles. The monoisotopic (exact) mass is 482 g/mol. The van der Waals surface area contributed by atoms with Crippen molar-refractivity contribution in [3.05, 3.63) is 134 Å². The number of nitrogen functional groups attached to an aromatic ring is 1. The van der Waals surface area contributed by atoms with E-state index in [4.69, 9.17) is 5.73 Å². The van der Waals surface area contributed by atoms with Gasteiger partial charge in [0.15, 0.2) is 5.78 Å². The third-order valence-electron chi connectivity index (χ3n) is 6.11. The molecule has 0 saturated carbocycles. The Morgan fingerprint density at radius 1 is 0.750 bits per heavy atom. The van der Waals surface area contributed by atoms with Gasteiger partial charge in [0.25, 0.3) is 5.56 Å². The number of hydrogen-bond acceptors (Lipinski definition) is 5. The average Bonchev–Trinajstić information content (AvgIpc) is 2.89. The van der Waals surface area contributed by atoms with Crippen LogP contribution in [-0.4, -0.2) is 26.4 Å². The van der Waals surface area contributed by atoms with Gasteiger partial charge >= 0.3 is 5.69 Å². The Kier molecular flexibility index (Phi) is 7.92. The molecule has 0 saturated heterocycles. The number of benzene rings is 3. The van der Waals surface area contributed by atoms with Crippen LogP contribution in [-0.2, 0) is 26.2 Å². The van der Waals surface area contributed by atoms with E-state index in [1.165, 1.54) is 4.57 Å². The molecule has 4 aromatic rings. The van der Waals surface area contributed by atoms with Gasteiger partial charge in [0, 0.05) is 19.6 Å². The van der Waals surface area contributed by atoms with E-state index in [0.717, 1.165) is 21.3 Å². The van der Waals surface area contributed by atoms with E-state index in [2.05, 4.69) is 0 Å². The molecule has 2 N–H and O–H groups in total. The molecule has 0 spiro atoms. The van der Waals surface area contributed by atoms with Crippen LogP contribution in [0.25, 0.3) is 0 Å². The Bertz CT molecular complexity index is 1390. The zero-order chi connectivity index (χ0) is 25.5. The lowest BCUT2D eigenvalue weighted by Crippen LogP contribution is -2.45. The first-order valence-corrected chi connectivity index (χ1v) is 12.0. The van der Waals surface area contributed by atoms with Gasteiger partial charge in [-0.1, -0.05) is 91.0 Å². The molecule has 0 aliphatic heterocycles. The molecule has 184 valence electrons. The van der Waals surface area contributed by atoms with Gasteiger partial charge in [0.1, 0.15) is 11.4 Å². The molecule has 0 atom stereocenters. The number of aromatic nitrogens is 2. The summed E-state index contributed by atoms with van der Waals surface area (Å²) < 4.78 is 2.39. The Labute approximate surface area is 210 Å². The Balaban J connectivity index is 1.70. The SMILES string of the molecule is CCn1c(=O)c(C(=O)CN(Cc2ccccc2)Cc2ccccc2)c(N)n(Cc2ccccc2)c1=O. The molecule has 0 fully saturated rings. The molecule has 0 aliphatic carbocycles. The second-order valence-electron chi connectivity index (χ2n) is 8.70. The summed E-state index contributed by atoms with van der Waals surface area (Å²) in [4.78, 5) is 41.9. The van der Waals surface area contributed by atoms with Gasteiger partial charge in [-0.25, -0.2) is 4.79 Å². The second-order valence-corrected chi connectivity index (χ2v) is 8.70. The number of hydrogen-bond donors (Lipinski definition) is 1. The van der Waals surface area contributed by atoms with E-state index >= 15 is 0 Å². The van der Waals surface area contributed by atoms with Crippen LogP contribution in [0.2, 0.25) is 0 Å². The van der Waals surface area contributed by atoms with Gasteiger partial charge in [-0.05, 0) is 23.6 Å². The van der Waals surface area contributed by atoms with E-state index < -0.39 is 17.0 Å². The number of nitrogens with two attached hydrogens (primary N) is 1. The highest BCUT2D eigenvalue weighted by atomic mass is 16.2. The summed E-state index contributed by atoms with van der Waals surface area (Å²) in [7, 11) is 0. The van der Waals surface area contributed by atoms with Crippen LogP contribution in [0.5, 0.6) is 0 Å². The topological polar surface area (TPSA) is 90.3 Å². The predicted octanol–water partition coefficient (Wildman–Crippen LogP) is 3.55. The van der Waals surface area contributed by atoms with Crippen molar-refractivity contribution < 1.29 is 4.79 Å². The molecule has 36 heavy (non-hydrogen) atoms. The van der Waals surface area contributed by atoms with E-state index in [9.17, 15) is 14.4 Å². The Morgan fingerprint density at radius 2 is 1.22 bits per heavy atom. The highest BCUT2D eigenvalue weighted by Crippen LogP contribution is 2.14. The minimum absolute atomic E-state index is 0.0174. The summed E-state index contributed by atoms with van der Waals surface area (Å²) in [6.45, 7) is 3.04. The lowest BCUT2D eigenvalue weighted by Gasteiger charge is -2.23. The molecule has 0 aliphatic rings. The zero-order valence-corrected chi connectivity index (χ0v) is 20.3. The third-order valence-corrected chi connectivity index (χ3v) is 6.11. The minimum Gasteiger partial charge on any atom is -0.384 e. The van der Waals surface area contributed by atoms with Crippen molar-refractivity contribution in [2.75, 3.05) is 12.3 Å². The number of ketones is 1. The second kappa shape index (κ2) is 11.5. The van der Waals surface area contributed by atoms with Crippen LogP contribution < -0.4 is 17.0 Å². The summed E-state index contributed by atoms with van der Waals surface area (Å²) in [6.07, 6.45) is 0. The predicted molar refractivity (Wildman–Crippen MR) is 142 cm³/mol. The molecular formula is C29H30N4O3. The Hall–Kier alpha value is -4.23. The van der Waals surface area contributed by atoms with Crippen molar-refractivity contribution in [3.8, 4) is 0 Å². The molecular weight excluding hydrogens is 452 g/mol. The normalized spacial score (nSPS) is 11.1. The number of carbonyl (C=O) groups excluding carboxylic acids is 1. The van der Waals surface area contributed by atoms with E-state index in [1.807, 2.05) is 95.9 Å². The number of nitrogens with zero attached hydrogens (tertiary/aromatic N) is 3. The van der Waals surface area contributed by atoms with Crippen molar-refractivity contribution in [3.63, 3.8) is 0 Å². The quantitative estimate of drug-likeness (QED) is 0.349.